The molecule has 1 atom stereocenters. The minimum absolute atomic E-state index is 0.0248. The third-order valence-corrected chi connectivity index (χ3v) is 3.67. The van der Waals surface area contributed by atoms with E-state index in [1.54, 1.807) is 18.3 Å². The molecular weight excluding hydrogens is 242 g/mol. The maximum atomic E-state index is 10.9. The molecule has 0 bridgehead atoms. The van der Waals surface area contributed by atoms with E-state index in [0.29, 0.717) is 12.5 Å². The fourth-order valence-electron chi connectivity index (χ4n) is 1.85. The van der Waals surface area contributed by atoms with E-state index in [9.17, 15) is 4.79 Å². The van der Waals surface area contributed by atoms with Crippen LogP contribution in [0.25, 0.3) is 11.1 Å². The second-order valence-corrected chi connectivity index (χ2v) is 5.25. The number of carbonyl (C=O) groups excluding carboxylic acids is 1. The van der Waals surface area contributed by atoms with Crippen LogP contribution in [0.2, 0.25) is 0 Å². The second-order valence-electron chi connectivity index (χ2n) is 4.47. The van der Waals surface area contributed by atoms with Crippen molar-refractivity contribution in [3.63, 3.8) is 0 Å². The normalized spacial score (nSPS) is 12.1. The maximum Gasteiger partial charge on any atom is 0.216 e. The average Bonchev–Trinajstić information content (AvgIpc) is 2.90. The largest absolute Gasteiger partial charge is 0.356 e. The van der Waals surface area contributed by atoms with Gasteiger partial charge in [0.05, 0.1) is 0 Å². The number of hydrogen-bond donors (Lipinski definition) is 1. The first-order chi connectivity index (χ1) is 8.66. The zero-order valence-corrected chi connectivity index (χ0v) is 11.5. The van der Waals surface area contributed by atoms with Crippen LogP contribution in [0.3, 0.4) is 0 Å². The quantitative estimate of drug-likeness (QED) is 0.892. The van der Waals surface area contributed by atoms with Crippen molar-refractivity contribution in [1.29, 1.82) is 0 Å². The van der Waals surface area contributed by atoms with E-state index in [1.165, 1.54) is 16.7 Å². The lowest BCUT2D eigenvalue weighted by Gasteiger charge is -2.12. The Kier molecular flexibility index (Phi) is 4.15. The summed E-state index contributed by atoms with van der Waals surface area (Å²) in [6.45, 7) is 4.36. The molecule has 18 heavy (non-hydrogen) atoms. The van der Waals surface area contributed by atoms with Gasteiger partial charge in [-0.25, -0.2) is 0 Å². The molecule has 2 rings (SSSR count). The van der Waals surface area contributed by atoms with Gasteiger partial charge >= 0.3 is 0 Å². The molecule has 0 saturated carbocycles. The third kappa shape index (κ3) is 3.20. The number of hydrogen-bond acceptors (Lipinski definition) is 2. The van der Waals surface area contributed by atoms with Gasteiger partial charge in [0.15, 0.2) is 0 Å². The molecule has 3 heteroatoms. The molecule has 2 nitrogen and oxygen atoms in total. The van der Waals surface area contributed by atoms with E-state index in [2.05, 4.69) is 53.3 Å². The van der Waals surface area contributed by atoms with Crippen molar-refractivity contribution in [2.75, 3.05) is 6.54 Å². The number of thiophene rings is 1. The molecule has 0 spiro atoms. The van der Waals surface area contributed by atoms with Crippen molar-refractivity contribution in [2.45, 2.75) is 19.8 Å². The smallest absolute Gasteiger partial charge is 0.216 e. The Bertz CT molecular complexity index is 502. The first-order valence-corrected chi connectivity index (χ1v) is 6.98. The summed E-state index contributed by atoms with van der Waals surface area (Å²) >= 11 is 1.71. The third-order valence-electron chi connectivity index (χ3n) is 2.99. The van der Waals surface area contributed by atoms with Crippen LogP contribution in [0.4, 0.5) is 0 Å². The van der Waals surface area contributed by atoms with Gasteiger partial charge in [-0.3, -0.25) is 4.79 Å². The van der Waals surface area contributed by atoms with Crippen LogP contribution in [-0.4, -0.2) is 12.5 Å². The molecule has 0 aliphatic rings. The van der Waals surface area contributed by atoms with Gasteiger partial charge in [-0.05, 0) is 39.4 Å². The van der Waals surface area contributed by atoms with E-state index in [-0.39, 0.29) is 5.91 Å². The van der Waals surface area contributed by atoms with Gasteiger partial charge in [0.1, 0.15) is 0 Å². The Labute approximate surface area is 112 Å². The molecule has 0 saturated heterocycles. The van der Waals surface area contributed by atoms with Crippen LogP contribution in [0, 0.1) is 0 Å². The lowest BCUT2D eigenvalue weighted by atomic mass is 9.98. The number of nitrogens with one attached hydrogen (secondary N) is 1. The predicted octanol–water partition coefficient (Wildman–Crippen LogP) is 3.65. The van der Waals surface area contributed by atoms with Crippen LogP contribution in [-0.2, 0) is 4.79 Å². The molecule has 2 aromatic rings. The molecule has 94 valence electrons. The zero-order chi connectivity index (χ0) is 13.0. The molecule has 0 aliphatic carbocycles. The minimum Gasteiger partial charge on any atom is -0.356 e. The van der Waals surface area contributed by atoms with Gasteiger partial charge < -0.3 is 5.32 Å². The van der Waals surface area contributed by atoms with Gasteiger partial charge in [0.2, 0.25) is 5.91 Å². The fraction of sp³-hybridized carbons (Fsp3) is 0.267. The zero-order valence-electron chi connectivity index (χ0n) is 10.6. The second kappa shape index (κ2) is 5.83. The highest BCUT2D eigenvalue weighted by atomic mass is 32.1. The van der Waals surface area contributed by atoms with Crippen molar-refractivity contribution in [1.82, 2.24) is 5.32 Å². The van der Waals surface area contributed by atoms with Gasteiger partial charge in [0, 0.05) is 13.5 Å². The molecule has 1 heterocycles. The Morgan fingerprint density at radius 3 is 2.50 bits per heavy atom. The predicted molar refractivity (Wildman–Crippen MR) is 76.9 cm³/mol. The van der Waals surface area contributed by atoms with Crippen LogP contribution in [0.1, 0.15) is 25.3 Å². The van der Waals surface area contributed by atoms with Crippen LogP contribution >= 0.6 is 11.3 Å². The Hall–Kier alpha value is -1.61. The molecule has 0 radical (unpaired) electrons. The molecule has 1 unspecified atom stereocenters. The van der Waals surface area contributed by atoms with E-state index in [0.717, 1.165) is 0 Å². The summed E-state index contributed by atoms with van der Waals surface area (Å²) in [6.07, 6.45) is 0. The first-order valence-electron chi connectivity index (χ1n) is 6.04. The summed E-state index contributed by atoms with van der Waals surface area (Å²) in [5.41, 5.74) is 3.76. The highest BCUT2D eigenvalue weighted by Crippen LogP contribution is 2.24. The van der Waals surface area contributed by atoms with E-state index in [4.69, 9.17) is 0 Å². The Morgan fingerprint density at radius 1 is 1.22 bits per heavy atom. The summed E-state index contributed by atoms with van der Waals surface area (Å²) in [5, 5.41) is 7.08. The minimum atomic E-state index is 0.0248. The number of carbonyl (C=O) groups is 1. The van der Waals surface area contributed by atoms with Crippen molar-refractivity contribution in [3.8, 4) is 11.1 Å². The summed E-state index contributed by atoms with van der Waals surface area (Å²) in [4.78, 5) is 10.9. The number of rotatable bonds is 4. The molecule has 1 N–H and O–H groups in total. The van der Waals surface area contributed by atoms with E-state index >= 15 is 0 Å². The monoisotopic (exact) mass is 259 g/mol. The topological polar surface area (TPSA) is 29.1 Å². The van der Waals surface area contributed by atoms with Gasteiger partial charge in [0.25, 0.3) is 0 Å². The van der Waals surface area contributed by atoms with Crippen molar-refractivity contribution < 1.29 is 4.79 Å². The van der Waals surface area contributed by atoms with Crippen molar-refractivity contribution in [3.05, 3.63) is 46.7 Å². The standard InChI is InChI=1S/C15H17NOS/c1-11(9-16-12(2)17)13-3-5-14(6-4-13)15-7-8-18-10-15/h3-8,10-11H,9H2,1-2H3,(H,16,17). The van der Waals surface area contributed by atoms with Crippen LogP contribution < -0.4 is 5.32 Å². The van der Waals surface area contributed by atoms with Crippen molar-refractivity contribution >= 4 is 17.2 Å². The Balaban J connectivity index is 2.05. The summed E-state index contributed by atoms with van der Waals surface area (Å²) in [7, 11) is 0. The van der Waals surface area contributed by atoms with Crippen molar-refractivity contribution in [2.24, 2.45) is 0 Å². The Morgan fingerprint density at radius 2 is 1.94 bits per heavy atom. The SMILES string of the molecule is CC(=O)NCC(C)c1ccc(-c2ccsc2)cc1. The van der Waals surface area contributed by atoms with E-state index < -0.39 is 0 Å². The van der Waals surface area contributed by atoms with Gasteiger partial charge in [-0.1, -0.05) is 31.2 Å². The summed E-state index contributed by atoms with van der Waals surface area (Å²) in [5.74, 6) is 0.363. The summed E-state index contributed by atoms with van der Waals surface area (Å²) < 4.78 is 0. The molecule has 0 fully saturated rings. The summed E-state index contributed by atoms with van der Waals surface area (Å²) in [6, 6.07) is 10.7. The van der Waals surface area contributed by atoms with Crippen LogP contribution in [0.15, 0.2) is 41.1 Å². The molecule has 0 aliphatic heterocycles. The van der Waals surface area contributed by atoms with Crippen LogP contribution in [0.5, 0.6) is 0 Å². The molecule has 1 aromatic carbocycles. The number of benzene rings is 1. The highest BCUT2D eigenvalue weighted by Gasteiger charge is 2.06. The number of amides is 1. The maximum absolute atomic E-state index is 10.9. The molecule has 1 amide bonds. The lowest BCUT2D eigenvalue weighted by molar-refractivity contribution is -0.119. The average molecular weight is 259 g/mol. The van der Waals surface area contributed by atoms with Gasteiger partial charge in [-0.15, -0.1) is 0 Å². The van der Waals surface area contributed by atoms with Gasteiger partial charge in [-0.2, -0.15) is 11.3 Å². The fourth-order valence-corrected chi connectivity index (χ4v) is 2.51. The molecular formula is C15H17NOS. The van der Waals surface area contributed by atoms with E-state index in [1.807, 2.05) is 0 Å². The first kappa shape index (κ1) is 12.8. The molecule has 1 aromatic heterocycles. The lowest BCUT2D eigenvalue weighted by Crippen LogP contribution is -2.24. The highest BCUT2D eigenvalue weighted by molar-refractivity contribution is 7.08.